The van der Waals surface area contributed by atoms with E-state index in [0.717, 1.165) is 11.1 Å². The van der Waals surface area contributed by atoms with Crippen LogP contribution in [0.1, 0.15) is 16.7 Å². The minimum Gasteiger partial charge on any atom is -0.493 e. The molecule has 0 bridgehead atoms. The molecule has 0 radical (unpaired) electrons. The molecule has 0 fully saturated rings. The molecule has 35 heavy (non-hydrogen) atoms. The van der Waals surface area contributed by atoms with E-state index in [9.17, 15) is 4.79 Å². The average Bonchev–Trinajstić information content (AvgIpc) is 3.23. The van der Waals surface area contributed by atoms with Gasteiger partial charge in [-0.05, 0) is 55.0 Å². The summed E-state index contributed by atoms with van der Waals surface area (Å²) in [5.41, 5.74) is 2.64. The summed E-state index contributed by atoms with van der Waals surface area (Å²) in [6, 6.07) is 18.3. The molecule has 1 aliphatic heterocycles. The number of benzene rings is 3. The zero-order valence-electron chi connectivity index (χ0n) is 19.5. The summed E-state index contributed by atoms with van der Waals surface area (Å²) < 4.78 is 27.9. The summed E-state index contributed by atoms with van der Waals surface area (Å²) in [6.07, 6.45) is 1.61. The number of nitrogens with zero attached hydrogens (tertiary/aromatic N) is 1. The second-order valence-electron chi connectivity index (χ2n) is 7.58. The predicted molar refractivity (Wildman–Crippen MR) is 134 cm³/mol. The van der Waals surface area contributed by atoms with Crippen molar-refractivity contribution in [1.82, 2.24) is 0 Å². The molecular formula is C27H24ClNO6. The maximum Gasteiger partial charge on any atom is 0.363 e. The zero-order valence-corrected chi connectivity index (χ0v) is 20.3. The number of para-hydroxylation sites is 1. The number of aliphatic imine (C=N–C) groups is 1. The van der Waals surface area contributed by atoms with Crippen molar-refractivity contribution < 1.29 is 28.5 Å². The van der Waals surface area contributed by atoms with Gasteiger partial charge in [0.1, 0.15) is 19.0 Å². The number of carbonyl (C=O) groups is 1. The third kappa shape index (κ3) is 5.75. The zero-order chi connectivity index (χ0) is 24.8. The highest BCUT2D eigenvalue weighted by Crippen LogP contribution is 2.39. The Labute approximate surface area is 208 Å². The van der Waals surface area contributed by atoms with Crippen molar-refractivity contribution in [3.63, 3.8) is 0 Å². The maximum atomic E-state index is 12.4. The molecule has 180 valence electrons. The van der Waals surface area contributed by atoms with Crippen LogP contribution < -0.4 is 18.9 Å². The van der Waals surface area contributed by atoms with Crippen LogP contribution in [0.2, 0.25) is 5.02 Å². The summed E-state index contributed by atoms with van der Waals surface area (Å²) in [7, 11) is 3.05. The number of carbonyl (C=O) groups excluding carboxylic acids is 1. The molecule has 8 heteroatoms. The summed E-state index contributed by atoms with van der Waals surface area (Å²) in [6.45, 7) is 2.48. The SMILES string of the molecule is COc1cc(/C=C2/N=C(c3ccc(C)cc3)OC2=O)cc(OC)c1OCCOc1ccccc1Cl. The molecule has 0 saturated carbocycles. The lowest BCUT2D eigenvalue weighted by atomic mass is 10.1. The monoisotopic (exact) mass is 493 g/mol. The van der Waals surface area contributed by atoms with E-state index in [4.69, 9.17) is 35.3 Å². The van der Waals surface area contributed by atoms with Crippen LogP contribution in [0.15, 0.2) is 71.4 Å². The van der Waals surface area contributed by atoms with E-state index in [1.165, 1.54) is 14.2 Å². The molecule has 0 saturated heterocycles. The summed E-state index contributed by atoms with van der Waals surface area (Å²) >= 11 is 6.11. The minimum atomic E-state index is -0.532. The molecule has 7 nitrogen and oxygen atoms in total. The van der Waals surface area contributed by atoms with Crippen LogP contribution in [-0.2, 0) is 9.53 Å². The highest BCUT2D eigenvalue weighted by atomic mass is 35.5. The van der Waals surface area contributed by atoms with Gasteiger partial charge in [-0.3, -0.25) is 0 Å². The van der Waals surface area contributed by atoms with Crippen LogP contribution in [0.5, 0.6) is 23.0 Å². The number of methoxy groups -OCH3 is 2. The maximum absolute atomic E-state index is 12.4. The fraction of sp³-hybridized carbons (Fsp3) is 0.185. The van der Waals surface area contributed by atoms with Gasteiger partial charge < -0.3 is 23.7 Å². The smallest absolute Gasteiger partial charge is 0.363 e. The molecule has 1 aliphatic rings. The topological polar surface area (TPSA) is 75.6 Å². The quantitative estimate of drug-likeness (QED) is 0.223. The number of esters is 1. The van der Waals surface area contributed by atoms with Crippen molar-refractivity contribution >= 4 is 29.5 Å². The van der Waals surface area contributed by atoms with Crippen LogP contribution in [0.3, 0.4) is 0 Å². The van der Waals surface area contributed by atoms with E-state index in [-0.39, 0.29) is 24.8 Å². The van der Waals surface area contributed by atoms with Crippen molar-refractivity contribution in [1.29, 1.82) is 0 Å². The van der Waals surface area contributed by atoms with Crippen LogP contribution in [0.4, 0.5) is 0 Å². The summed E-state index contributed by atoms with van der Waals surface area (Å²) in [5, 5.41) is 0.527. The lowest BCUT2D eigenvalue weighted by molar-refractivity contribution is -0.129. The summed E-state index contributed by atoms with van der Waals surface area (Å²) in [5.74, 6) is 1.59. The van der Waals surface area contributed by atoms with E-state index in [1.807, 2.05) is 43.3 Å². The molecule has 0 unspecified atom stereocenters. The normalized spacial score (nSPS) is 13.9. The van der Waals surface area contributed by atoms with Gasteiger partial charge in [-0.15, -0.1) is 0 Å². The predicted octanol–water partition coefficient (Wildman–Crippen LogP) is 5.47. The molecule has 3 aromatic rings. The highest BCUT2D eigenvalue weighted by molar-refractivity contribution is 6.32. The standard InChI is InChI=1S/C27H24ClNO6/c1-17-8-10-19(11-9-17)26-29-21(27(30)35-26)14-18-15-23(31-2)25(24(16-18)32-3)34-13-12-33-22-7-5-4-6-20(22)28/h4-11,14-16H,12-13H2,1-3H3/b21-14+. The lowest BCUT2D eigenvalue weighted by Gasteiger charge is -2.16. The first kappa shape index (κ1) is 24.2. The van der Waals surface area contributed by atoms with E-state index in [0.29, 0.717) is 33.6 Å². The highest BCUT2D eigenvalue weighted by Gasteiger charge is 2.24. The van der Waals surface area contributed by atoms with E-state index in [1.54, 1.807) is 30.3 Å². The fourth-order valence-corrected chi connectivity index (χ4v) is 3.56. The van der Waals surface area contributed by atoms with Crippen LogP contribution in [0, 0.1) is 6.92 Å². The molecule has 4 rings (SSSR count). The first-order valence-electron chi connectivity index (χ1n) is 10.8. The molecule has 0 amide bonds. The van der Waals surface area contributed by atoms with Gasteiger partial charge in [-0.2, -0.15) is 0 Å². The largest absolute Gasteiger partial charge is 0.493 e. The molecule has 0 atom stereocenters. The first-order valence-corrected chi connectivity index (χ1v) is 11.2. The number of halogens is 1. The van der Waals surface area contributed by atoms with Gasteiger partial charge in [0.05, 0.1) is 19.2 Å². The van der Waals surface area contributed by atoms with Gasteiger partial charge in [-0.1, -0.05) is 41.4 Å². The molecule has 0 aromatic heterocycles. The van der Waals surface area contributed by atoms with Crippen molar-refractivity contribution in [2.45, 2.75) is 6.92 Å². The van der Waals surface area contributed by atoms with Crippen LogP contribution >= 0.6 is 11.6 Å². The number of cyclic esters (lactones) is 1. The van der Waals surface area contributed by atoms with Crippen LogP contribution in [-0.4, -0.2) is 39.3 Å². The molecular weight excluding hydrogens is 470 g/mol. The minimum absolute atomic E-state index is 0.173. The first-order chi connectivity index (χ1) is 17.0. The van der Waals surface area contributed by atoms with E-state index in [2.05, 4.69) is 4.99 Å². The molecule has 0 aliphatic carbocycles. The van der Waals surface area contributed by atoms with Gasteiger partial charge in [-0.25, -0.2) is 9.79 Å². The number of aryl methyl sites for hydroxylation is 1. The number of rotatable bonds is 9. The van der Waals surface area contributed by atoms with E-state index < -0.39 is 5.97 Å². The summed E-state index contributed by atoms with van der Waals surface area (Å²) in [4.78, 5) is 16.8. The Morgan fingerprint density at radius 1 is 0.914 bits per heavy atom. The third-order valence-electron chi connectivity index (χ3n) is 5.13. The number of hydrogen-bond acceptors (Lipinski definition) is 7. The van der Waals surface area contributed by atoms with Gasteiger partial charge in [0, 0.05) is 5.56 Å². The van der Waals surface area contributed by atoms with E-state index >= 15 is 0 Å². The molecule has 3 aromatic carbocycles. The molecule has 1 heterocycles. The number of ether oxygens (including phenoxy) is 5. The second-order valence-corrected chi connectivity index (χ2v) is 7.99. The van der Waals surface area contributed by atoms with Crippen molar-refractivity contribution in [2.24, 2.45) is 4.99 Å². The molecule has 0 N–H and O–H groups in total. The van der Waals surface area contributed by atoms with Gasteiger partial charge in [0.15, 0.2) is 17.2 Å². The Kier molecular flexibility index (Phi) is 7.57. The lowest BCUT2D eigenvalue weighted by Crippen LogP contribution is -2.10. The second kappa shape index (κ2) is 11.0. The van der Waals surface area contributed by atoms with Gasteiger partial charge >= 0.3 is 5.97 Å². The molecule has 0 spiro atoms. The Hall–Kier alpha value is -3.97. The number of hydrogen-bond donors (Lipinski definition) is 0. The average molecular weight is 494 g/mol. The van der Waals surface area contributed by atoms with Crippen LogP contribution in [0.25, 0.3) is 6.08 Å². The Morgan fingerprint density at radius 2 is 1.57 bits per heavy atom. The van der Waals surface area contributed by atoms with Crippen molar-refractivity contribution in [3.8, 4) is 23.0 Å². The Morgan fingerprint density at radius 3 is 2.23 bits per heavy atom. The Bertz CT molecular complexity index is 1260. The van der Waals surface area contributed by atoms with Gasteiger partial charge in [0.2, 0.25) is 11.6 Å². The Balaban J connectivity index is 1.51. The van der Waals surface area contributed by atoms with Crippen molar-refractivity contribution in [2.75, 3.05) is 27.4 Å². The van der Waals surface area contributed by atoms with Gasteiger partial charge in [0.25, 0.3) is 0 Å². The fourth-order valence-electron chi connectivity index (χ4n) is 3.37. The van der Waals surface area contributed by atoms with Crippen molar-refractivity contribution in [3.05, 3.63) is 88.1 Å². The third-order valence-corrected chi connectivity index (χ3v) is 5.44.